The van der Waals surface area contributed by atoms with E-state index in [4.69, 9.17) is 9.52 Å². The van der Waals surface area contributed by atoms with Gasteiger partial charge in [0.05, 0.1) is 23.6 Å². The minimum atomic E-state index is -2.43. The summed E-state index contributed by atoms with van der Waals surface area (Å²) in [5.41, 5.74) is -0.388. The number of nitrogens with zero attached hydrogens (tertiary/aromatic N) is 1. The number of hydrogen-bond donors (Lipinski definition) is 1. The lowest BCUT2D eigenvalue weighted by Crippen LogP contribution is -2.56. The molecule has 7 heteroatoms. The number of ether oxygens (including phenoxy) is 1. The number of hydrogen-bond acceptors (Lipinski definition) is 5. The van der Waals surface area contributed by atoms with E-state index in [0.717, 1.165) is 11.3 Å². The number of thiophene rings is 1. The quantitative estimate of drug-likeness (QED) is 0.897. The van der Waals surface area contributed by atoms with Crippen LogP contribution in [-0.4, -0.2) is 51.8 Å². The molecule has 2 aliphatic heterocycles. The summed E-state index contributed by atoms with van der Waals surface area (Å²) in [6.07, 6.45) is 2.18. The van der Waals surface area contributed by atoms with Crippen LogP contribution in [0.3, 0.4) is 0 Å². The van der Waals surface area contributed by atoms with Crippen molar-refractivity contribution in [3.05, 3.63) is 21.9 Å². The summed E-state index contributed by atoms with van der Waals surface area (Å²) in [4.78, 5) is 16.5. The summed E-state index contributed by atoms with van der Waals surface area (Å²) >= 11 is 1.56. The third kappa shape index (κ3) is 3.21. The molecule has 0 atom stereocenters. The van der Waals surface area contributed by atoms with E-state index < -0.39 is 9.73 Å². The standard InChI is InChI=1S/C15H22N2O3S2/c1-2-12-3-4-13(21-12)14(18)17-7-8-20-15(11-17)5-9-22(16,19)10-6-15/h3-4,16H,2,5-11H2,1H3. The van der Waals surface area contributed by atoms with Gasteiger partial charge in [0.1, 0.15) is 0 Å². The van der Waals surface area contributed by atoms with Gasteiger partial charge in [-0.1, -0.05) is 6.92 Å². The molecule has 22 heavy (non-hydrogen) atoms. The van der Waals surface area contributed by atoms with Crippen LogP contribution in [0.25, 0.3) is 0 Å². The highest BCUT2D eigenvalue weighted by molar-refractivity contribution is 7.92. The predicted octanol–water partition coefficient (Wildman–Crippen LogP) is 2.36. The van der Waals surface area contributed by atoms with E-state index in [2.05, 4.69) is 6.92 Å². The third-order valence-electron chi connectivity index (χ3n) is 4.53. The molecule has 1 spiro atoms. The highest BCUT2D eigenvalue weighted by Crippen LogP contribution is 2.32. The highest BCUT2D eigenvalue weighted by Gasteiger charge is 2.42. The summed E-state index contributed by atoms with van der Waals surface area (Å²) in [5.74, 6) is 0.840. The second-order valence-electron chi connectivity index (χ2n) is 6.10. The van der Waals surface area contributed by atoms with Crippen LogP contribution < -0.4 is 0 Å². The van der Waals surface area contributed by atoms with Crippen molar-refractivity contribution in [3.8, 4) is 0 Å². The Morgan fingerprint density at radius 2 is 2.18 bits per heavy atom. The third-order valence-corrected chi connectivity index (χ3v) is 7.48. The predicted molar refractivity (Wildman–Crippen MR) is 88.1 cm³/mol. The molecule has 0 radical (unpaired) electrons. The summed E-state index contributed by atoms with van der Waals surface area (Å²) < 4.78 is 25.5. The molecule has 3 heterocycles. The Kier molecular flexibility index (Phi) is 4.31. The second kappa shape index (κ2) is 5.94. The number of amides is 1. The lowest BCUT2D eigenvalue weighted by molar-refractivity contribution is -0.104. The SMILES string of the molecule is CCc1ccc(C(=O)N2CCOC3(CCS(=N)(=O)CC3)C2)s1. The highest BCUT2D eigenvalue weighted by atomic mass is 32.2. The van der Waals surface area contributed by atoms with Crippen molar-refractivity contribution in [1.82, 2.24) is 4.90 Å². The van der Waals surface area contributed by atoms with Crippen molar-refractivity contribution < 1.29 is 13.7 Å². The van der Waals surface area contributed by atoms with E-state index in [-0.39, 0.29) is 11.5 Å². The number of carbonyl (C=O) groups excluding carboxylic acids is 1. The lowest BCUT2D eigenvalue weighted by atomic mass is 9.94. The first kappa shape index (κ1) is 16.0. The van der Waals surface area contributed by atoms with Gasteiger partial charge in [-0.05, 0) is 31.4 Å². The van der Waals surface area contributed by atoms with Crippen molar-refractivity contribution >= 4 is 27.0 Å². The van der Waals surface area contributed by atoms with Crippen molar-refractivity contribution in [3.63, 3.8) is 0 Å². The van der Waals surface area contributed by atoms with E-state index in [0.29, 0.717) is 44.0 Å². The zero-order valence-corrected chi connectivity index (χ0v) is 14.4. The summed E-state index contributed by atoms with van der Waals surface area (Å²) in [7, 11) is -2.43. The van der Waals surface area contributed by atoms with Gasteiger partial charge in [-0.25, -0.2) is 4.21 Å². The summed E-state index contributed by atoms with van der Waals surface area (Å²) in [6, 6.07) is 3.93. The van der Waals surface area contributed by atoms with Crippen LogP contribution in [0.2, 0.25) is 0 Å². The minimum absolute atomic E-state index is 0.0737. The molecule has 2 saturated heterocycles. The molecule has 5 nitrogen and oxygen atoms in total. The smallest absolute Gasteiger partial charge is 0.264 e. The molecule has 1 N–H and O–H groups in total. The second-order valence-corrected chi connectivity index (χ2v) is 9.71. The Morgan fingerprint density at radius 3 is 2.82 bits per heavy atom. The molecular formula is C15H22N2O3S2. The van der Waals surface area contributed by atoms with Crippen LogP contribution in [0.15, 0.2) is 12.1 Å². The molecule has 0 aliphatic carbocycles. The molecule has 2 aliphatic rings. The summed E-state index contributed by atoms with van der Waals surface area (Å²) in [5, 5.41) is 0. The minimum Gasteiger partial charge on any atom is -0.371 e. The maximum absolute atomic E-state index is 12.7. The first-order valence-electron chi connectivity index (χ1n) is 7.69. The van der Waals surface area contributed by atoms with Crippen LogP contribution in [0.1, 0.15) is 34.3 Å². The maximum atomic E-state index is 12.7. The van der Waals surface area contributed by atoms with Crippen LogP contribution in [0.5, 0.6) is 0 Å². The van der Waals surface area contributed by atoms with Gasteiger partial charge >= 0.3 is 0 Å². The fraction of sp³-hybridized carbons (Fsp3) is 0.667. The van der Waals surface area contributed by atoms with Crippen molar-refractivity contribution in [1.29, 1.82) is 4.78 Å². The van der Waals surface area contributed by atoms with Crippen molar-refractivity contribution in [2.75, 3.05) is 31.2 Å². The Hall–Kier alpha value is -0.920. The Bertz CT molecular complexity index is 652. The zero-order valence-electron chi connectivity index (χ0n) is 12.8. The molecule has 1 aromatic heterocycles. The number of carbonyl (C=O) groups is 1. The van der Waals surface area contributed by atoms with Crippen molar-refractivity contribution in [2.45, 2.75) is 31.8 Å². The largest absolute Gasteiger partial charge is 0.371 e. The van der Waals surface area contributed by atoms with E-state index >= 15 is 0 Å². The molecule has 0 aromatic carbocycles. The van der Waals surface area contributed by atoms with Crippen LogP contribution in [-0.2, 0) is 20.9 Å². The molecule has 3 rings (SSSR count). The molecule has 0 saturated carbocycles. The van der Waals surface area contributed by atoms with Gasteiger partial charge in [0.2, 0.25) is 0 Å². The molecule has 1 aromatic rings. The topological polar surface area (TPSA) is 70.5 Å². The Labute approximate surface area is 135 Å². The number of aryl methyl sites for hydroxylation is 1. The first-order chi connectivity index (χ1) is 10.4. The lowest BCUT2D eigenvalue weighted by Gasteiger charge is -2.45. The van der Waals surface area contributed by atoms with Crippen molar-refractivity contribution in [2.24, 2.45) is 0 Å². The van der Waals surface area contributed by atoms with Gasteiger partial charge in [-0.15, -0.1) is 11.3 Å². The van der Waals surface area contributed by atoms with E-state index in [1.54, 1.807) is 11.3 Å². The zero-order chi connectivity index (χ0) is 15.8. The molecule has 0 bridgehead atoms. The molecule has 2 fully saturated rings. The van der Waals surface area contributed by atoms with Crippen LogP contribution >= 0.6 is 11.3 Å². The molecule has 1 amide bonds. The Balaban J connectivity index is 1.71. The maximum Gasteiger partial charge on any atom is 0.264 e. The van der Waals surface area contributed by atoms with Gasteiger partial charge in [-0.2, -0.15) is 0 Å². The number of rotatable bonds is 2. The average molecular weight is 342 g/mol. The van der Waals surface area contributed by atoms with Gasteiger partial charge in [0.15, 0.2) is 0 Å². The average Bonchev–Trinajstić information content (AvgIpc) is 2.99. The fourth-order valence-corrected chi connectivity index (χ4v) is 5.61. The molecular weight excluding hydrogens is 320 g/mol. The molecule has 122 valence electrons. The van der Waals surface area contributed by atoms with Crippen LogP contribution in [0, 0.1) is 4.78 Å². The first-order valence-corrected chi connectivity index (χ1v) is 10.4. The van der Waals surface area contributed by atoms with E-state index in [9.17, 15) is 9.00 Å². The van der Waals surface area contributed by atoms with Crippen LogP contribution in [0.4, 0.5) is 0 Å². The number of nitrogens with one attached hydrogen (secondary N) is 1. The monoisotopic (exact) mass is 342 g/mol. The summed E-state index contributed by atoms with van der Waals surface area (Å²) in [6.45, 7) is 3.78. The van der Waals surface area contributed by atoms with Gasteiger partial charge in [0, 0.05) is 32.7 Å². The van der Waals surface area contributed by atoms with Gasteiger partial charge in [0.25, 0.3) is 5.91 Å². The van der Waals surface area contributed by atoms with Gasteiger partial charge in [-0.3, -0.25) is 9.57 Å². The van der Waals surface area contributed by atoms with E-state index in [1.165, 1.54) is 4.88 Å². The fourth-order valence-electron chi connectivity index (χ4n) is 3.09. The van der Waals surface area contributed by atoms with Gasteiger partial charge < -0.3 is 9.64 Å². The number of morpholine rings is 1. The normalized spacial score (nSPS) is 32.3. The van der Waals surface area contributed by atoms with E-state index in [1.807, 2.05) is 17.0 Å². The Morgan fingerprint density at radius 1 is 1.45 bits per heavy atom. The molecule has 0 unspecified atom stereocenters.